The van der Waals surface area contributed by atoms with Crippen molar-refractivity contribution in [3.8, 4) is 0 Å². The van der Waals surface area contributed by atoms with Gasteiger partial charge >= 0.3 is 0 Å². The average Bonchev–Trinajstić information content (AvgIpc) is 2.62. The Bertz CT molecular complexity index is 973. The van der Waals surface area contributed by atoms with Gasteiger partial charge in [-0.3, -0.25) is 4.79 Å². The van der Waals surface area contributed by atoms with Crippen LogP contribution < -0.4 is 10.6 Å². The minimum atomic E-state index is -0.663. The molecule has 0 aliphatic rings. The van der Waals surface area contributed by atoms with Crippen LogP contribution >= 0.6 is 11.6 Å². The van der Waals surface area contributed by atoms with Crippen molar-refractivity contribution >= 4 is 34.7 Å². The number of anilines is 3. The van der Waals surface area contributed by atoms with Gasteiger partial charge in [-0.2, -0.15) is 0 Å². The number of aryl methyl sites for hydroxylation is 2. The highest BCUT2D eigenvalue weighted by atomic mass is 35.5. The molecule has 0 aliphatic heterocycles. The lowest BCUT2D eigenvalue weighted by Gasteiger charge is -2.14. The predicted molar refractivity (Wildman–Crippen MR) is 105 cm³/mol. The monoisotopic (exact) mass is 384 g/mol. The van der Waals surface area contributed by atoms with Crippen LogP contribution in [0.25, 0.3) is 0 Å². The summed E-state index contributed by atoms with van der Waals surface area (Å²) in [7, 11) is 0. The summed E-state index contributed by atoms with van der Waals surface area (Å²) in [4.78, 5) is 20.8. The van der Waals surface area contributed by atoms with Crippen molar-refractivity contribution in [3.63, 3.8) is 0 Å². The molecular formula is C20H18ClFN4O. The summed E-state index contributed by atoms with van der Waals surface area (Å²) in [5.41, 5.74) is 2.89. The summed E-state index contributed by atoms with van der Waals surface area (Å²) in [5, 5.41) is 6.00. The molecule has 1 heterocycles. The van der Waals surface area contributed by atoms with E-state index >= 15 is 0 Å². The number of amides is 1. The van der Waals surface area contributed by atoms with Crippen LogP contribution in [0.15, 0.2) is 48.8 Å². The zero-order chi connectivity index (χ0) is 19.4. The summed E-state index contributed by atoms with van der Waals surface area (Å²) < 4.78 is 14.0. The van der Waals surface area contributed by atoms with Gasteiger partial charge in [0.05, 0.1) is 10.6 Å². The van der Waals surface area contributed by atoms with Gasteiger partial charge in [0.2, 0.25) is 0 Å². The highest BCUT2D eigenvalue weighted by Gasteiger charge is 2.17. The maximum absolute atomic E-state index is 14.0. The van der Waals surface area contributed by atoms with Gasteiger partial charge in [-0.25, -0.2) is 14.4 Å². The second-order valence-corrected chi connectivity index (χ2v) is 6.35. The van der Waals surface area contributed by atoms with Crippen LogP contribution in [0.5, 0.6) is 0 Å². The van der Waals surface area contributed by atoms with Crippen LogP contribution in [0.3, 0.4) is 0 Å². The molecule has 0 unspecified atom stereocenters. The number of nitrogens with one attached hydrogen (secondary N) is 2. The molecular weight excluding hydrogens is 367 g/mol. The van der Waals surface area contributed by atoms with E-state index in [1.165, 1.54) is 24.5 Å². The molecule has 0 aliphatic carbocycles. The first-order valence-electron chi connectivity index (χ1n) is 8.42. The topological polar surface area (TPSA) is 66.9 Å². The third-order valence-electron chi connectivity index (χ3n) is 4.00. The number of rotatable bonds is 5. The first-order valence-corrected chi connectivity index (χ1v) is 8.79. The van der Waals surface area contributed by atoms with Crippen molar-refractivity contribution in [3.05, 3.63) is 76.5 Å². The average molecular weight is 385 g/mol. The fourth-order valence-electron chi connectivity index (χ4n) is 2.65. The fourth-order valence-corrected chi connectivity index (χ4v) is 2.90. The summed E-state index contributed by atoms with van der Waals surface area (Å²) in [6, 6.07) is 11.5. The normalized spacial score (nSPS) is 10.5. The largest absolute Gasteiger partial charge is 0.340 e. The van der Waals surface area contributed by atoms with Gasteiger partial charge in [-0.1, -0.05) is 30.7 Å². The number of aromatic nitrogens is 2. The van der Waals surface area contributed by atoms with E-state index in [0.29, 0.717) is 17.9 Å². The number of hydrogen-bond acceptors (Lipinski definition) is 4. The van der Waals surface area contributed by atoms with Crippen LogP contribution in [-0.2, 0) is 6.42 Å². The molecule has 0 saturated carbocycles. The molecule has 27 heavy (non-hydrogen) atoms. The summed E-state index contributed by atoms with van der Waals surface area (Å²) in [6.45, 7) is 3.85. The molecule has 3 aromatic rings. The van der Waals surface area contributed by atoms with Gasteiger partial charge in [-0.05, 0) is 43.2 Å². The van der Waals surface area contributed by atoms with E-state index in [-0.39, 0.29) is 10.6 Å². The Hall–Kier alpha value is -2.99. The summed E-state index contributed by atoms with van der Waals surface area (Å²) in [6.07, 6.45) is 2.18. The zero-order valence-electron chi connectivity index (χ0n) is 14.9. The Morgan fingerprint density at radius 3 is 2.70 bits per heavy atom. The highest BCUT2D eigenvalue weighted by Crippen LogP contribution is 2.26. The van der Waals surface area contributed by atoms with Gasteiger partial charge in [0, 0.05) is 23.1 Å². The van der Waals surface area contributed by atoms with Crippen LogP contribution in [0, 0.1) is 12.7 Å². The lowest BCUT2D eigenvalue weighted by Crippen LogP contribution is -2.15. The molecule has 0 radical (unpaired) electrons. The predicted octanol–water partition coefficient (Wildman–Crippen LogP) is 5.14. The number of nitrogens with zero attached hydrogens (tertiary/aromatic N) is 2. The second kappa shape index (κ2) is 8.14. The molecule has 7 heteroatoms. The molecule has 3 rings (SSSR count). The molecule has 0 fully saturated rings. The Morgan fingerprint density at radius 2 is 2.00 bits per heavy atom. The molecule has 0 saturated heterocycles. The van der Waals surface area contributed by atoms with Crippen molar-refractivity contribution in [2.24, 2.45) is 0 Å². The van der Waals surface area contributed by atoms with E-state index in [9.17, 15) is 9.18 Å². The first kappa shape index (κ1) is 18.8. The SMILES string of the molecule is CCc1ccc(Nc2cc(C)ncn2)cc1NC(=O)c1c(F)cccc1Cl. The lowest BCUT2D eigenvalue weighted by molar-refractivity contribution is 0.102. The van der Waals surface area contributed by atoms with Crippen molar-refractivity contribution in [2.45, 2.75) is 20.3 Å². The number of halogens is 2. The molecule has 5 nitrogen and oxygen atoms in total. The molecule has 0 spiro atoms. The van der Waals surface area contributed by atoms with Crippen LogP contribution in [0.2, 0.25) is 5.02 Å². The third-order valence-corrected chi connectivity index (χ3v) is 4.32. The van der Waals surface area contributed by atoms with E-state index in [4.69, 9.17) is 11.6 Å². The zero-order valence-corrected chi connectivity index (χ0v) is 15.6. The van der Waals surface area contributed by atoms with E-state index < -0.39 is 11.7 Å². The van der Waals surface area contributed by atoms with Crippen molar-refractivity contribution in [1.29, 1.82) is 0 Å². The lowest BCUT2D eigenvalue weighted by atomic mass is 10.1. The molecule has 1 amide bonds. The maximum atomic E-state index is 14.0. The molecule has 1 aromatic heterocycles. The second-order valence-electron chi connectivity index (χ2n) is 5.95. The summed E-state index contributed by atoms with van der Waals surface area (Å²) in [5.74, 6) is -0.618. The fraction of sp³-hybridized carbons (Fsp3) is 0.150. The van der Waals surface area contributed by atoms with Crippen molar-refractivity contribution in [1.82, 2.24) is 9.97 Å². The maximum Gasteiger partial charge on any atom is 0.260 e. The van der Waals surface area contributed by atoms with Crippen LogP contribution in [0.1, 0.15) is 28.5 Å². The van der Waals surface area contributed by atoms with Gasteiger partial charge in [-0.15, -0.1) is 0 Å². The number of hydrogen-bond donors (Lipinski definition) is 2. The first-order chi connectivity index (χ1) is 13.0. The number of benzene rings is 2. The van der Waals surface area contributed by atoms with Gasteiger partial charge in [0.1, 0.15) is 18.0 Å². The van der Waals surface area contributed by atoms with Crippen LogP contribution in [0.4, 0.5) is 21.6 Å². The van der Waals surface area contributed by atoms with E-state index in [1.807, 2.05) is 32.0 Å². The minimum Gasteiger partial charge on any atom is -0.340 e. The third kappa shape index (κ3) is 4.41. The van der Waals surface area contributed by atoms with Gasteiger partial charge in [0.25, 0.3) is 5.91 Å². The Morgan fingerprint density at radius 1 is 1.19 bits per heavy atom. The molecule has 0 atom stereocenters. The number of carbonyl (C=O) groups excluding carboxylic acids is 1. The van der Waals surface area contributed by atoms with E-state index in [1.54, 1.807) is 6.07 Å². The van der Waals surface area contributed by atoms with Crippen molar-refractivity contribution in [2.75, 3.05) is 10.6 Å². The minimum absolute atomic E-state index is 0.0660. The standard InChI is InChI=1S/C20H18ClFN4O/c1-3-13-7-8-14(25-18-9-12(2)23-11-24-18)10-17(13)26-20(27)19-15(21)5-4-6-16(19)22/h4-11H,3H2,1-2H3,(H,26,27)(H,23,24,25). The van der Waals surface area contributed by atoms with Crippen LogP contribution in [-0.4, -0.2) is 15.9 Å². The smallest absolute Gasteiger partial charge is 0.260 e. The molecule has 2 N–H and O–H groups in total. The van der Waals surface area contributed by atoms with E-state index in [2.05, 4.69) is 20.6 Å². The van der Waals surface area contributed by atoms with Crippen molar-refractivity contribution < 1.29 is 9.18 Å². The van der Waals surface area contributed by atoms with Gasteiger partial charge in [0.15, 0.2) is 0 Å². The number of carbonyl (C=O) groups is 1. The quantitative estimate of drug-likeness (QED) is 0.639. The Kier molecular flexibility index (Phi) is 5.66. The summed E-state index contributed by atoms with van der Waals surface area (Å²) >= 11 is 5.99. The van der Waals surface area contributed by atoms with Gasteiger partial charge < -0.3 is 10.6 Å². The molecule has 0 bridgehead atoms. The molecule has 2 aromatic carbocycles. The molecule has 138 valence electrons. The highest BCUT2D eigenvalue weighted by molar-refractivity contribution is 6.34. The Balaban J connectivity index is 1.89. The Labute approximate surface area is 161 Å². The van der Waals surface area contributed by atoms with E-state index in [0.717, 1.165) is 16.9 Å².